The van der Waals surface area contributed by atoms with Gasteiger partial charge < -0.3 is 5.73 Å². The van der Waals surface area contributed by atoms with E-state index in [1.165, 1.54) is 12.1 Å². The lowest BCUT2D eigenvalue weighted by Gasteiger charge is -2.11. The van der Waals surface area contributed by atoms with Crippen LogP contribution in [0.4, 0.5) is 10.2 Å². The maximum atomic E-state index is 13.2. The van der Waals surface area contributed by atoms with Crippen LogP contribution < -0.4 is 5.73 Å². The highest BCUT2D eigenvalue weighted by Gasteiger charge is 2.12. The summed E-state index contributed by atoms with van der Waals surface area (Å²) in [5.74, 6) is 0.0209. The van der Waals surface area contributed by atoms with Crippen LogP contribution in [0.5, 0.6) is 0 Å². The molecule has 0 saturated carbocycles. The van der Waals surface area contributed by atoms with Gasteiger partial charge in [0.15, 0.2) is 9.84 Å². The van der Waals surface area contributed by atoms with Gasteiger partial charge in [0.1, 0.15) is 11.6 Å². The lowest BCUT2D eigenvalue weighted by molar-refractivity contribution is 0.602. The molecule has 0 spiro atoms. The zero-order valence-electron chi connectivity index (χ0n) is 12.9. The summed E-state index contributed by atoms with van der Waals surface area (Å²) in [7, 11) is -3.25. The second-order valence-corrected chi connectivity index (χ2v) is 7.45. The number of anilines is 1. The first-order valence-corrected chi connectivity index (χ1v) is 9.07. The molecular weight excluding hydrogens is 327 g/mol. The molecule has 6 heteroatoms. The second kappa shape index (κ2) is 6.05. The number of nitrogen functional groups attached to an aromatic ring is 1. The van der Waals surface area contributed by atoms with Crippen molar-refractivity contribution in [3.8, 4) is 22.4 Å². The van der Waals surface area contributed by atoms with E-state index >= 15 is 0 Å². The van der Waals surface area contributed by atoms with Gasteiger partial charge >= 0.3 is 0 Å². The van der Waals surface area contributed by atoms with E-state index in [0.29, 0.717) is 11.5 Å². The fourth-order valence-electron chi connectivity index (χ4n) is 2.42. The summed E-state index contributed by atoms with van der Waals surface area (Å²) >= 11 is 0. The van der Waals surface area contributed by atoms with Crippen molar-refractivity contribution in [2.24, 2.45) is 0 Å². The standard InChI is InChI=1S/C18H15FN2O2S/c1-24(22,23)15-8-4-12(5-9-15)16-10-11-17(20)21-18(16)13-2-6-14(19)7-3-13/h2-11H,1H3,(H2,20,21). The zero-order valence-corrected chi connectivity index (χ0v) is 13.7. The Kier molecular flexibility index (Phi) is 4.07. The summed E-state index contributed by atoms with van der Waals surface area (Å²) in [6, 6.07) is 16.0. The van der Waals surface area contributed by atoms with E-state index < -0.39 is 9.84 Å². The summed E-state index contributed by atoms with van der Waals surface area (Å²) in [6.45, 7) is 0. The minimum Gasteiger partial charge on any atom is -0.384 e. The summed E-state index contributed by atoms with van der Waals surface area (Å²) in [4.78, 5) is 4.61. The van der Waals surface area contributed by atoms with Gasteiger partial charge in [-0.25, -0.2) is 17.8 Å². The van der Waals surface area contributed by atoms with Crippen molar-refractivity contribution in [3.05, 3.63) is 66.5 Å². The van der Waals surface area contributed by atoms with Gasteiger partial charge in [-0.15, -0.1) is 0 Å². The van der Waals surface area contributed by atoms with Crippen molar-refractivity contribution in [1.29, 1.82) is 0 Å². The topological polar surface area (TPSA) is 73.0 Å². The molecule has 1 aromatic heterocycles. The monoisotopic (exact) mass is 342 g/mol. The fraction of sp³-hybridized carbons (Fsp3) is 0.0556. The van der Waals surface area contributed by atoms with Crippen LogP contribution in [0.15, 0.2) is 65.6 Å². The summed E-state index contributed by atoms with van der Waals surface area (Å²) < 4.78 is 36.3. The van der Waals surface area contributed by atoms with Gasteiger partial charge in [-0.2, -0.15) is 0 Å². The van der Waals surface area contributed by atoms with Crippen LogP contribution in [-0.2, 0) is 9.84 Å². The average Bonchev–Trinajstić information content (AvgIpc) is 2.55. The number of halogens is 1. The second-order valence-electron chi connectivity index (χ2n) is 5.44. The van der Waals surface area contributed by atoms with Crippen LogP contribution in [0, 0.1) is 5.82 Å². The Morgan fingerprint density at radius 1 is 0.875 bits per heavy atom. The van der Waals surface area contributed by atoms with Crippen molar-refractivity contribution in [2.75, 3.05) is 12.0 Å². The number of pyridine rings is 1. The number of nitrogens with two attached hydrogens (primary N) is 1. The van der Waals surface area contributed by atoms with Crippen LogP contribution in [0.1, 0.15) is 0 Å². The maximum Gasteiger partial charge on any atom is 0.175 e. The molecule has 24 heavy (non-hydrogen) atoms. The predicted molar refractivity (Wildman–Crippen MR) is 92.6 cm³/mol. The van der Waals surface area contributed by atoms with E-state index in [1.807, 2.05) is 6.07 Å². The third-order valence-electron chi connectivity index (χ3n) is 3.63. The molecule has 3 aromatic rings. The number of sulfone groups is 1. The van der Waals surface area contributed by atoms with E-state index in [9.17, 15) is 12.8 Å². The van der Waals surface area contributed by atoms with Crippen LogP contribution in [0.3, 0.4) is 0 Å². The molecule has 3 rings (SSSR count). The van der Waals surface area contributed by atoms with Crippen molar-refractivity contribution < 1.29 is 12.8 Å². The SMILES string of the molecule is CS(=O)(=O)c1ccc(-c2ccc(N)nc2-c2ccc(F)cc2)cc1. The number of benzene rings is 2. The van der Waals surface area contributed by atoms with Gasteiger partial charge in [0.2, 0.25) is 0 Å². The predicted octanol–water partition coefficient (Wildman–Crippen LogP) is 3.54. The summed E-state index contributed by atoms with van der Waals surface area (Å²) in [5, 5.41) is 0. The molecule has 0 unspecified atom stereocenters. The van der Waals surface area contributed by atoms with Crippen molar-refractivity contribution >= 4 is 15.7 Å². The van der Waals surface area contributed by atoms with Gasteiger partial charge in [0.25, 0.3) is 0 Å². The molecule has 0 fully saturated rings. The zero-order chi connectivity index (χ0) is 17.3. The third kappa shape index (κ3) is 3.28. The number of hydrogen-bond donors (Lipinski definition) is 1. The minimum absolute atomic E-state index is 0.248. The Hall–Kier alpha value is -2.73. The van der Waals surface area contributed by atoms with E-state index in [-0.39, 0.29) is 10.7 Å². The first-order valence-electron chi connectivity index (χ1n) is 7.17. The fourth-order valence-corrected chi connectivity index (χ4v) is 3.05. The number of hydrogen-bond acceptors (Lipinski definition) is 4. The maximum absolute atomic E-state index is 13.2. The smallest absolute Gasteiger partial charge is 0.175 e. The van der Waals surface area contributed by atoms with Gasteiger partial charge in [-0.3, -0.25) is 0 Å². The molecule has 0 bridgehead atoms. The van der Waals surface area contributed by atoms with E-state index in [0.717, 1.165) is 22.9 Å². The third-order valence-corrected chi connectivity index (χ3v) is 4.76. The number of nitrogens with zero attached hydrogens (tertiary/aromatic N) is 1. The number of aromatic nitrogens is 1. The Morgan fingerprint density at radius 3 is 2.04 bits per heavy atom. The molecule has 122 valence electrons. The van der Waals surface area contributed by atoms with Gasteiger partial charge in [-0.1, -0.05) is 12.1 Å². The highest BCUT2D eigenvalue weighted by atomic mass is 32.2. The molecule has 0 aliphatic rings. The van der Waals surface area contributed by atoms with Crippen LogP contribution in [-0.4, -0.2) is 19.7 Å². The van der Waals surface area contributed by atoms with E-state index in [1.54, 1.807) is 42.5 Å². The molecule has 4 nitrogen and oxygen atoms in total. The first kappa shape index (κ1) is 16.1. The molecular formula is C18H15FN2O2S. The lowest BCUT2D eigenvalue weighted by Crippen LogP contribution is -1.98. The number of rotatable bonds is 3. The normalized spacial score (nSPS) is 11.4. The van der Waals surface area contributed by atoms with Crippen LogP contribution in [0.2, 0.25) is 0 Å². The Balaban J connectivity index is 2.13. The minimum atomic E-state index is -3.25. The van der Waals surface area contributed by atoms with Crippen LogP contribution in [0.25, 0.3) is 22.4 Å². The molecule has 0 saturated heterocycles. The van der Waals surface area contributed by atoms with Gasteiger partial charge in [0.05, 0.1) is 10.6 Å². The summed E-state index contributed by atoms with van der Waals surface area (Å²) in [6.07, 6.45) is 1.16. The highest BCUT2D eigenvalue weighted by Crippen LogP contribution is 2.32. The Morgan fingerprint density at radius 2 is 1.46 bits per heavy atom. The molecule has 2 aromatic carbocycles. The van der Waals surface area contributed by atoms with E-state index in [4.69, 9.17) is 5.73 Å². The average molecular weight is 342 g/mol. The lowest BCUT2D eigenvalue weighted by atomic mass is 9.99. The Labute approximate surface area is 139 Å². The first-order chi connectivity index (χ1) is 11.3. The highest BCUT2D eigenvalue weighted by molar-refractivity contribution is 7.90. The van der Waals surface area contributed by atoms with Crippen LogP contribution >= 0.6 is 0 Å². The van der Waals surface area contributed by atoms with Crippen molar-refractivity contribution in [3.63, 3.8) is 0 Å². The Bertz CT molecular complexity index is 983. The van der Waals surface area contributed by atoms with Gasteiger partial charge in [0, 0.05) is 17.4 Å². The molecule has 0 atom stereocenters. The molecule has 2 N–H and O–H groups in total. The molecule has 1 heterocycles. The largest absolute Gasteiger partial charge is 0.384 e. The van der Waals surface area contributed by atoms with Crippen molar-refractivity contribution in [2.45, 2.75) is 4.90 Å². The quantitative estimate of drug-likeness (QED) is 0.790. The van der Waals surface area contributed by atoms with Crippen molar-refractivity contribution in [1.82, 2.24) is 4.98 Å². The molecule has 0 aliphatic heterocycles. The molecule has 0 amide bonds. The molecule has 0 radical (unpaired) electrons. The molecule has 0 aliphatic carbocycles. The van der Waals surface area contributed by atoms with E-state index in [2.05, 4.69) is 4.98 Å². The summed E-state index contributed by atoms with van der Waals surface area (Å²) in [5.41, 5.74) is 8.72. The van der Waals surface area contributed by atoms with Gasteiger partial charge in [-0.05, 0) is 54.1 Å².